The van der Waals surface area contributed by atoms with Crippen LogP contribution in [-0.4, -0.2) is 35.0 Å². The summed E-state index contributed by atoms with van der Waals surface area (Å²) in [5.74, 6) is 0. The van der Waals surface area contributed by atoms with E-state index in [1.807, 2.05) is 20.8 Å². The van der Waals surface area contributed by atoms with Crippen LogP contribution in [0.5, 0.6) is 0 Å². The monoisotopic (exact) mass is 244 g/mol. The maximum absolute atomic E-state index is 11.7. The number of rotatable bonds is 4. The van der Waals surface area contributed by atoms with Gasteiger partial charge in [-0.25, -0.2) is 4.79 Å². The van der Waals surface area contributed by atoms with Crippen LogP contribution in [0.1, 0.15) is 46.5 Å². The van der Waals surface area contributed by atoms with Crippen LogP contribution in [0.2, 0.25) is 0 Å². The third-order valence-electron chi connectivity index (χ3n) is 3.15. The molecule has 0 saturated heterocycles. The van der Waals surface area contributed by atoms with Gasteiger partial charge in [-0.15, -0.1) is 0 Å². The van der Waals surface area contributed by atoms with E-state index in [0.29, 0.717) is 6.42 Å². The SMILES string of the molecule is CC(C)(C)OC(=O)NC1(C(N)CCO)CCC1. The molecule has 0 aromatic heterocycles. The van der Waals surface area contributed by atoms with Crippen molar-refractivity contribution in [2.45, 2.75) is 63.6 Å². The third kappa shape index (κ3) is 3.85. The van der Waals surface area contributed by atoms with Gasteiger partial charge in [0.2, 0.25) is 0 Å². The fourth-order valence-corrected chi connectivity index (χ4v) is 2.07. The number of carbonyl (C=O) groups is 1. The van der Waals surface area contributed by atoms with Crippen molar-refractivity contribution in [3.05, 3.63) is 0 Å². The highest BCUT2D eigenvalue weighted by Crippen LogP contribution is 2.35. The van der Waals surface area contributed by atoms with Crippen LogP contribution in [-0.2, 0) is 4.74 Å². The molecule has 1 aliphatic carbocycles. The summed E-state index contributed by atoms with van der Waals surface area (Å²) in [6, 6.07) is -0.214. The molecule has 1 amide bonds. The molecule has 1 saturated carbocycles. The maximum atomic E-state index is 11.7. The molecule has 1 aliphatic rings. The quantitative estimate of drug-likeness (QED) is 0.692. The fraction of sp³-hybridized carbons (Fsp3) is 0.917. The number of aliphatic hydroxyl groups is 1. The number of nitrogens with two attached hydrogens (primary N) is 1. The first kappa shape index (κ1) is 14.3. The van der Waals surface area contributed by atoms with Crippen molar-refractivity contribution >= 4 is 6.09 Å². The summed E-state index contributed by atoms with van der Waals surface area (Å²) >= 11 is 0. The van der Waals surface area contributed by atoms with Gasteiger partial charge in [-0.05, 0) is 46.5 Å². The molecule has 1 fully saturated rings. The minimum Gasteiger partial charge on any atom is -0.444 e. The summed E-state index contributed by atoms with van der Waals surface area (Å²) in [4.78, 5) is 11.7. The molecule has 0 bridgehead atoms. The molecular weight excluding hydrogens is 220 g/mol. The molecule has 0 spiro atoms. The summed E-state index contributed by atoms with van der Waals surface area (Å²) < 4.78 is 5.23. The van der Waals surface area contributed by atoms with Gasteiger partial charge in [0.15, 0.2) is 0 Å². The second-order valence-electron chi connectivity index (χ2n) is 5.76. The average Bonchev–Trinajstić information content (AvgIpc) is 2.08. The van der Waals surface area contributed by atoms with Crippen LogP contribution < -0.4 is 11.1 Å². The summed E-state index contributed by atoms with van der Waals surface area (Å²) in [6.45, 7) is 5.52. The lowest BCUT2D eigenvalue weighted by Crippen LogP contribution is -2.64. The molecule has 0 radical (unpaired) electrons. The third-order valence-corrected chi connectivity index (χ3v) is 3.15. The Labute approximate surface area is 103 Å². The van der Waals surface area contributed by atoms with Crippen LogP contribution in [0.25, 0.3) is 0 Å². The number of amides is 1. The molecule has 0 aromatic carbocycles. The standard InChI is InChI=1S/C12H24N2O3/c1-11(2,3)17-10(16)14-12(6-4-7-12)9(13)5-8-15/h9,15H,4-8,13H2,1-3H3,(H,14,16). The van der Waals surface area contributed by atoms with Crippen molar-refractivity contribution < 1.29 is 14.6 Å². The van der Waals surface area contributed by atoms with Crippen molar-refractivity contribution in [2.24, 2.45) is 5.73 Å². The number of ether oxygens (including phenoxy) is 1. The predicted octanol–water partition coefficient (Wildman–Crippen LogP) is 1.14. The number of alkyl carbamates (subject to hydrolysis) is 1. The van der Waals surface area contributed by atoms with Gasteiger partial charge in [-0.2, -0.15) is 0 Å². The first-order chi connectivity index (χ1) is 7.79. The summed E-state index contributed by atoms with van der Waals surface area (Å²) in [6.07, 6.45) is 2.83. The highest BCUT2D eigenvalue weighted by Gasteiger charge is 2.44. The zero-order chi connectivity index (χ0) is 13.1. The number of carbonyl (C=O) groups excluding carboxylic acids is 1. The molecular formula is C12H24N2O3. The molecule has 5 heteroatoms. The van der Waals surface area contributed by atoms with Gasteiger partial charge in [-0.3, -0.25) is 0 Å². The smallest absolute Gasteiger partial charge is 0.408 e. The number of aliphatic hydroxyl groups excluding tert-OH is 1. The fourth-order valence-electron chi connectivity index (χ4n) is 2.07. The largest absolute Gasteiger partial charge is 0.444 e. The van der Waals surface area contributed by atoms with E-state index >= 15 is 0 Å². The van der Waals surface area contributed by atoms with Crippen molar-refractivity contribution in [1.82, 2.24) is 5.32 Å². The van der Waals surface area contributed by atoms with E-state index in [0.717, 1.165) is 19.3 Å². The van der Waals surface area contributed by atoms with Gasteiger partial charge < -0.3 is 20.9 Å². The van der Waals surface area contributed by atoms with Crippen LogP contribution in [0.15, 0.2) is 0 Å². The van der Waals surface area contributed by atoms with Crippen LogP contribution in [0.4, 0.5) is 4.79 Å². The molecule has 4 N–H and O–H groups in total. The van der Waals surface area contributed by atoms with E-state index in [9.17, 15) is 4.79 Å². The molecule has 0 heterocycles. The first-order valence-corrected chi connectivity index (χ1v) is 6.17. The van der Waals surface area contributed by atoms with Crippen molar-refractivity contribution in [3.8, 4) is 0 Å². The number of hydrogen-bond donors (Lipinski definition) is 3. The van der Waals surface area contributed by atoms with E-state index in [2.05, 4.69) is 5.32 Å². The minimum absolute atomic E-state index is 0.0406. The van der Waals surface area contributed by atoms with E-state index in [4.69, 9.17) is 15.6 Å². The Morgan fingerprint density at radius 3 is 2.47 bits per heavy atom. The molecule has 0 aromatic rings. The van der Waals surface area contributed by atoms with Gasteiger partial charge in [-0.1, -0.05) is 0 Å². The summed E-state index contributed by atoms with van der Waals surface area (Å²) in [5, 5.41) is 11.8. The first-order valence-electron chi connectivity index (χ1n) is 6.17. The average molecular weight is 244 g/mol. The lowest BCUT2D eigenvalue weighted by atomic mass is 9.71. The Balaban J connectivity index is 2.54. The van der Waals surface area contributed by atoms with E-state index in [-0.39, 0.29) is 18.2 Å². The van der Waals surface area contributed by atoms with Gasteiger partial charge in [0.1, 0.15) is 5.60 Å². The van der Waals surface area contributed by atoms with Gasteiger partial charge in [0.05, 0.1) is 5.54 Å². The highest BCUT2D eigenvalue weighted by atomic mass is 16.6. The molecule has 100 valence electrons. The van der Waals surface area contributed by atoms with E-state index in [1.165, 1.54) is 0 Å². The summed E-state index contributed by atoms with van der Waals surface area (Å²) in [7, 11) is 0. The van der Waals surface area contributed by atoms with Crippen LogP contribution in [0, 0.1) is 0 Å². The highest BCUT2D eigenvalue weighted by molar-refractivity contribution is 5.69. The normalized spacial score (nSPS) is 20.3. The molecule has 1 rings (SSSR count). The molecule has 1 unspecified atom stereocenters. The number of nitrogens with one attached hydrogen (secondary N) is 1. The molecule has 1 atom stereocenters. The zero-order valence-corrected chi connectivity index (χ0v) is 11.0. The van der Waals surface area contributed by atoms with Crippen molar-refractivity contribution in [2.75, 3.05) is 6.61 Å². The Kier molecular flexibility index (Phi) is 4.38. The Hall–Kier alpha value is -0.810. The zero-order valence-electron chi connectivity index (χ0n) is 11.0. The maximum Gasteiger partial charge on any atom is 0.408 e. The molecule has 17 heavy (non-hydrogen) atoms. The van der Waals surface area contributed by atoms with E-state index < -0.39 is 11.7 Å². The van der Waals surface area contributed by atoms with Gasteiger partial charge >= 0.3 is 6.09 Å². The Morgan fingerprint density at radius 1 is 1.53 bits per heavy atom. The van der Waals surface area contributed by atoms with Crippen LogP contribution in [0.3, 0.4) is 0 Å². The second kappa shape index (κ2) is 5.23. The molecule has 0 aliphatic heterocycles. The van der Waals surface area contributed by atoms with Gasteiger partial charge in [0, 0.05) is 12.6 Å². The van der Waals surface area contributed by atoms with Crippen LogP contribution >= 0.6 is 0 Å². The second-order valence-corrected chi connectivity index (χ2v) is 5.76. The lowest BCUT2D eigenvalue weighted by Gasteiger charge is -2.46. The van der Waals surface area contributed by atoms with Crippen molar-refractivity contribution in [1.29, 1.82) is 0 Å². The van der Waals surface area contributed by atoms with Crippen molar-refractivity contribution in [3.63, 3.8) is 0 Å². The Bertz CT molecular complexity index is 269. The lowest BCUT2D eigenvalue weighted by molar-refractivity contribution is 0.0325. The van der Waals surface area contributed by atoms with Gasteiger partial charge in [0.25, 0.3) is 0 Å². The predicted molar refractivity (Wildman–Crippen MR) is 65.6 cm³/mol. The summed E-state index contributed by atoms with van der Waals surface area (Å²) in [5.41, 5.74) is 5.12. The Morgan fingerprint density at radius 2 is 2.12 bits per heavy atom. The number of hydrogen-bond acceptors (Lipinski definition) is 4. The minimum atomic E-state index is -0.504. The molecule has 5 nitrogen and oxygen atoms in total. The van der Waals surface area contributed by atoms with E-state index in [1.54, 1.807) is 0 Å². The topological polar surface area (TPSA) is 84.6 Å².